The number of carboxylic acids is 1. The molecule has 0 radical (unpaired) electrons. The van der Waals surface area contributed by atoms with Gasteiger partial charge in [0.1, 0.15) is 5.70 Å². The highest BCUT2D eigenvalue weighted by atomic mass is 16.4. The maximum atomic E-state index is 12.4. The summed E-state index contributed by atoms with van der Waals surface area (Å²) >= 11 is 0. The van der Waals surface area contributed by atoms with Gasteiger partial charge in [0.25, 0.3) is 0 Å². The summed E-state index contributed by atoms with van der Waals surface area (Å²) in [7, 11) is 0. The lowest BCUT2D eigenvalue weighted by Gasteiger charge is -2.47. The van der Waals surface area contributed by atoms with E-state index in [1.165, 1.54) is 17.7 Å². The molecule has 6 nitrogen and oxygen atoms in total. The van der Waals surface area contributed by atoms with Gasteiger partial charge in [-0.3, -0.25) is 4.79 Å². The molecule has 1 amide bonds. The average molecular weight is 334 g/mol. The van der Waals surface area contributed by atoms with Crippen LogP contribution in [0.15, 0.2) is 11.3 Å². The smallest absolute Gasteiger partial charge is 0.352 e. The van der Waals surface area contributed by atoms with Gasteiger partial charge in [0.05, 0.1) is 18.1 Å². The molecular weight excluding hydrogens is 308 g/mol. The quantitative estimate of drug-likeness (QED) is 0.673. The number of nitrogens with one attached hydrogen (secondary N) is 1. The van der Waals surface area contributed by atoms with Crippen LogP contribution in [0.5, 0.6) is 0 Å². The molecule has 4 aliphatic rings. The molecule has 0 aromatic carbocycles. The summed E-state index contributed by atoms with van der Waals surface area (Å²) in [6.45, 7) is 1.63. The zero-order valence-electron chi connectivity index (χ0n) is 14.1. The maximum Gasteiger partial charge on any atom is 0.352 e. The minimum Gasteiger partial charge on any atom is -0.477 e. The van der Waals surface area contributed by atoms with Crippen LogP contribution in [0, 0.1) is 11.8 Å². The van der Waals surface area contributed by atoms with E-state index in [1.807, 2.05) is 0 Å². The Morgan fingerprint density at radius 1 is 1.21 bits per heavy atom. The van der Waals surface area contributed by atoms with E-state index in [1.54, 1.807) is 6.92 Å². The van der Waals surface area contributed by atoms with Crippen LogP contribution in [0.1, 0.15) is 51.9 Å². The van der Waals surface area contributed by atoms with Crippen molar-refractivity contribution in [3.05, 3.63) is 11.3 Å². The summed E-state index contributed by atoms with van der Waals surface area (Å²) in [5, 5.41) is 23.4. The van der Waals surface area contributed by atoms with Gasteiger partial charge in [0, 0.05) is 18.0 Å². The Morgan fingerprint density at radius 3 is 2.54 bits per heavy atom. The van der Waals surface area contributed by atoms with E-state index in [0.29, 0.717) is 6.04 Å². The first-order chi connectivity index (χ1) is 11.5. The highest BCUT2D eigenvalue weighted by molar-refractivity contribution is 6.00. The Labute approximate surface area is 141 Å². The molecule has 6 heteroatoms. The van der Waals surface area contributed by atoms with Gasteiger partial charge in [-0.1, -0.05) is 19.3 Å². The minimum atomic E-state index is -1.00. The molecule has 3 N–H and O–H groups in total. The molecule has 2 aliphatic carbocycles. The monoisotopic (exact) mass is 334 g/mol. The lowest BCUT2D eigenvalue weighted by molar-refractivity contribution is -0.163. The second-order valence-corrected chi connectivity index (χ2v) is 7.81. The molecule has 24 heavy (non-hydrogen) atoms. The second-order valence-electron chi connectivity index (χ2n) is 7.81. The fraction of sp³-hybridized carbons (Fsp3) is 0.778. The Kier molecular flexibility index (Phi) is 3.92. The number of fused-ring (bicyclic) bond motifs is 3. The second kappa shape index (κ2) is 5.85. The number of aliphatic hydroxyl groups is 1. The van der Waals surface area contributed by atoms with E-state index >= 15 is 0 Å². The van der Waals surface area contributed by atoms with Crippen molar-refractivity contribution in [3.8, 4) is 0 Å². The number of nitrogens with zero attached hydrogens (tertiary/aromatic N) is 1. The number of rotatable bonds is 4. The molecule has 1 saturated heterocycles. The van der Waals surface area contributed by atoms with Gasteiger partial charge in [-0.15, -0.1) is 0 Å². The lowest BCUT2D eigenvalue weighted by atomic mass is 9.71. The summed E-state index contributed by atoms with van der Waals surface area (Å²) in [4.78, 5) is 25.8. The van der Waals surface area contributed by atoms with Crippen LogP contribution in [-0.2, 0) is 9.59 Å². The highest BCUT2D eigenvalue weighted by Gasteiger charge is 2.62. The first kappa shape index (κ1) is 16.1. The van der Waals surface area contributed by atoms with Crippen molar-refractivity contribution >= 4 is 11.9 Å². The fourth-order valence-corrected chi connectivity index (χ4v) is 5.44. The van der Waals surface area contributed by atoms with Crippen LogP contribution >= 0.6 is 0 Å². The van der Waals surface area contributed by atoms with Crippen LogP contribution in [0.3, 0.4) is 0 Å². The van der Waals surface area contributed by atoms with E-state index in [0.717, 1.165) is 37.7 Å². The molecule has 5 atom stereocenters. The van der Waals surface area contributed by atoms with Gasteiger partial charge in [-0.05, 0) is 38.2 Å². The first-order valence-corrected chi connectivity index (χ1v) is 9.25. The maximum absolute atomic E-state index is 12.4. The van der Waals surface area contributed by atoms with Crippen LogP contribution in [0.25, 0.3) is 0 Å². The number of hydrogen-bond donors (Lipinski definition) is 3. The van der Waals surface area contributed by atoms with Crippen molar-refractivity contribution < 1.29 is 19.8 Å². The number of amides is 1. The molecule has 0 aromatic rings. The number of hydrogen-bond acceptors (Lipinski definition) is 4. The van der Waals surface area contributed by atoms with Gasteiger partial charge >= 0.3 is 5.97 Å². The van der Waals surface area contributed by atoms with Gasteiger partial charge in [-0.25, -0.2) is 4.79 Å². The number of carbonyl (C=O) groups is 2. The standard InChI is InChI=1S/C18H26N2O4/c1-9(21)13-15-11-7-4-8-12(19-10-5-2-3-6-10)14(11)16(18(23)24)20(15)17(13)22/h9-13,15,19,21H,2-8H2,1H3,(H,23,24)/t9-,11+,12+,13-,15-/m1/s1. The predicted octanol–water partition coefficient (Wildman–Crippen LogP) is 1.25. The van der Waals surface area contributed by atoms with E-state index in [4.69, 9.17) is 0 Å². The van der Waals surface area contributed by atoms with Gasteiger partial charge in [-0.2, -0.15) is 0 Å². The zero-order chi connectivity index (χ0) is 17.0. The third-order valence-electron chi connectivity index (χ3n) is 6.41. The van der Waals surface area contributed by atoms with E-state index in [2.05, 4.69) is 5.32 Å². The molecule has 2 saturated carbocycles. The molecule has 132 valence electrons. The molecular formula is C18H26N2O4. The van der Waals surface area contributed by atoms with Gasteiger partial charge in [0.15, 0.2) is 0 Å². The number of carbonyl (C=O) groups excluding carboxylic acids is 1. The third kappa shape index (κ3) is 2.23. The van der Waals surface area contributed by atoms with Crippen molar-refractivity contribution in [1.82, 2.24) is 10.2 Å². The number of carboxylic acid groups (broad SMARTS) is 1. The molecule has 0 bridgehead atoms. The number of aliphatic hydroxyl groups excluding tert-OH is 1. The summed E-state index contributed by atoms with van der Waals surface area (Å²) < 4.78 is 0. The molecule has 0 spiro atoms. The van der Waals surface area contributed by atoms with Crippen LogP contribution in [-0.4, -0.2) is 51.2 Å². The Morgan fingerprint density at radius 2 is 1.92 bits per heavy atom. The van der Waals surface area contributed by atoms with Crippen molar-refractivity contribution in [1.29, 1.82) is 0 Å². The van der Waals surface area contributed by atoms with Crippen LogP contribution in [0.4, 0.5) is 0 Å². The molecule has 4 rings (SSSR count). The van der Waals surface area contributed by atoms with Crippen molar-refractivity contribution in [3.63, 3.8) is 0 Å². The zero-order valence-corrected chi connectivity index (χ0v) is 14.1. The largest absolute Gasteiger partial charge is 0.477 e. The normalized spacial score (nSPS) is 37.2. The Hall–Kier alpha value is -1.40. The Balaban J connectivity index is 1.67. The first-order valence-electron chi connectivity index (χ1n) is 9.25. The lowest BCUT2D eigenvalue weighted by Crippen LogP contribution is -2.64. The summed E-state index contributed by atoms with van der Waals surface area (Å²) in [5.74, 6) is -1.60. The van der Waals surface area contributed by atoms with Crippen molar-refractivity contribution in [2.45, 2.75) is 76.1 Å². The van der Waals surface area contributed by atoms with Gasteiger partial charge in [0.2, 0.25) is 5.91 Å². The number of aliphatic carboxylic acids is 1. The summed E-state index contributed by atoms with van der Waals surface area (Å²) in [6, 6.07) is 0.366. The average Bonchev–Trinajstić information content (AvgIpc) is 3.11. The van der Waals surface area contributed by atoms with E-state index in [-0.39, 0.29) is 29.6 Å². The number of β-lactam (4-membered cyclic amide) rings is 1. The fourth-order valence-electron chi connectivity index (χ4n) is 5.44. The SMILES string of the molecule is C[C@@H](O)[C@H]1C(=O)N2C(C(=O)O)=C3[C@@H](NC4CCCC4)CCC[C@@H]3[C@H]12. The van der Waals surface area contributed by atoms with Crippen LogP contribution in [0.2, 0.25) is 0 Å². The van der Waals surface area contributed by atoms with Crippen molar-refractivity contribution in [2.75, 3.05) is 0 Å². The minimum absolute atomic E-state index is 0.0611. The van der Waals surface area contributed by atoms with Crippen molar-refractivity contribution in [2.24, 2.45) is 11.8 Å². The molecule has 0 aromatic heterocycles. The summed E-state index contributed by atoms with van der Waals surface area (Å²) in [6.07, 6.45) is 6.93. The van der Waals surface area contributed by atoms with Gasteiger partial charge < -0.3 is 20.4 Å². The Bertz CT molecular complexity index is 594. The highest BCUT2D eigenvalue weighted by Crippen LogP contribution is 2.52. The molecule has 0 unspecified atom stereocenters. The van der Waals surface area contributed by atoms with E-state index in [9.17, 15) is 19.8 Å². The molecule has 2 heterocycles. The molecule has 2 aliphatic heterocycles. The predicted molar refractivity (Wildman–Crippen MR) is 87.0 cm³/mol. The molecule has 3 fully saturated rings. The third-order valence-corrected chi connectivity index (χ3v) is 6.41. The van der Waals surface area contributed by atoms with E-state index < -0.39 is 18.0 Å². The summed E-state index contributed by atoms with van der Waals surface area (Å²) in [5.41, 5.74) is 1.12. The topological polar surface area (TPSA) is 89.9 Å². The van der Waals surface area contributed by atoms with Crippen LogP contribution < -0.4 is 5.32 Å².